The monoisotopic (exact) mass is 351 g/mol. The number of para-hydroxylation sites is 1. The molecule has 0 amide bonds. The minimum Gasteiger partial charge on any atom is -0.369 e. The predicted octanol–water partition coefficient (Wildman–Crippen LogP) is 4.00. The maximum absolute atomic E-state index is 14.0. The van der Waals surface area contributed by atoms with Crippen molar-refractivity contribution in [2.24, 2.45) is 0 Å². The van der Waals surface area contributed by atoms with Gasteiger partial charge in [0.05, 0.1) is 5.69 Å². The number of nitrogens with zero attached hydrogens (tertiary/aromatic N) is 3. The Bertz CT molecular complexity index is 852. The van der Waals surface area contributed by atoms with Gasteiger partial charge in [0.1, 0.15) is 17.5 Å². The highest BCUT2D eigenvalue weighted by Crippen LogP contribution is 2.23. The summed E-state index contributed by atoms with van der Waals surface area (Å²) in [6.07, 6.45) is 0. The summed E-state index contributed by atoms with van der Waals surface area (Å²) in [7, 11) is 4.03. The zero-order valence-corrected chi connectivity index (χ0v) is 14.9. The molecule has 0 fully saturated rings. The van der Waals surface area contributed by atoms with Crippen LogP contribution in [0.3, 0.4) is 0 Å². The van der Waals surface area contributed by atoms with Crippen LogP contribution in [0.2, 0.25) is 0 Å². The van der Waals surface area contributed by atoms with Crippen molar-refractivity contribution in [1.82, 2.24) is 14.9 Å². The summed E-state index contributed by atoms with van der Waals surface area (Å²) in [5.41, 5.74) is 1.28. The van der Waals surface area contributed by atoms with Gasteiger partial charge in [-0.3, -0.25) is 0 Å². The lowest BCUT2D eigenvalue weighted by Crippen LogP contribution is -2.21. The SMILES string of the molecule is CN(C)CCNc1cc(Nc2ccccc2F)nc(-c2ccccc2)n1. The molecule has 1 heterocycles. The van der Waals surface area contributed by atoms with Gasteiger partial charge in [-0.25, -0.2) is 14.4 Å². The Kier molecular flexibility index (Phi) is 5.76. The van der Waals surface area contributed by atoms with E-state index in [9.17, 15) is 4.39 Å². The Morgan fingerprint density at radius 2 is 1.62 bits per heavy atom. The van der Waals surface area contributed by atoms with Crippen LogP contribution in [-0.4, -0.2) is 42.1 Å². The van der Waals surface area contributed by atoms with Crippen molar-refractivity contribution >= 4 is 17.3 Å². The van der Waals surface area contributed by atoms with Crippen LogP contribution in [0.5, 0.6) is 0 Å². The summed E-state index contributed by atoms with van der Waals surface area (Å²) in [6.45, 7) is 1.62. The van der Waals surface area contributed by atoms with Gasteiger partial charge in [-0.05, 0) is 26.2 Å². The van der Waals surface area contributed by atoms with E-state index in [0.717, 1.165) is 18.7 Å². The molecule has 0 bridgehead atoms. The van der Waals surface area contributed by atoms with Crippen molar-refractivity contribution in [1.29, 1.82) is 0 Å². The molecule has 0 aliphatic carbocycles. The molecule has 2 aromatic carbocycles. The Labute approximate surface area is 152 Å². The zero-order chi connectivity index (χ0) is 18.4. The quantitative estimate of drug-likeness (QED) is 0.674. The fourth-order valence-corrected chi connectivity index (χ4v) is 2.43. The largest absolute Gasteiger partial charge is 0.369 e. The summed E-state index contributed by atoms with van der Waals surface area (Å²) in [6, 6.07) is 18.0. The van der Waals surface area contributed by atoms with E-state index in [0.29, 0.717) is 23.1 Å². The summed E-state index contributed by atoms with van der Waals surface area (Å²) in [5.74, 6) is 1.49. The molecule has 1 aromatic heterocycles. The average molecular weight is 351 g/mol. The van der Waals surface area contributed by atoms with Crippen LogP contribution in [0.15, 0.2) is 60.7 Å². The van der Waals surface area contributed by atoms with Crippen LogP contribution in [0.25, 0.3) is 11.4 Å². The highest BCUT2D eigenvalue weighted by molar-refractivity contribution is 5.65. The molecule has 0 aliphatic rings. The number of hydrogen-bond acceptors (Lipinski definition) is 5. The lowest BCUT2D eigenvalue weighted by Gasteiger charge is -2.14. The van der Waals surface area contributed by atoms with E-state index in [1.807, 2.05) is 44.4 Å². The number of anilines is 3. The van der Waals surface area contributed by atoms with E-state index in [1.165, 1.54) is 6.07 Å². The third-order valence-electron chi connectivity index (χ3n) is 3.76. The molecule has 0 aliphatic heterocycles. The van der Waals surface area contributed by atoms with Gasteiger partial charge in [-0.1, -0.05) is 42.5 Å². The Balaban J connectivity index is 1.90. The number of rotatable bonds is 7. The summed E-state index contributed by atoms with van der Waals surface area (Å²) in [4.78, 5) is 11.2. The molecule has 0 saturated heterocycles. The third-order valence-corrected chi connectivity index (χ3v) is 3.76. The molecular weight excluding hydrogens is 329 g/mol. The number of benzene rings is 2. The van der Waals surface area contributed by atoms with Gasteiger partial charge >= 0.3 is 0 Å². The van der Waals surface area contributed by atoms with Gasteiger partial charge in [-0.15, -0.1) is 0 Å². The zero-order valence-electron chi connectivity index (χ0n) is 14.9. The maximum atomic E-state index is 14.0. The van der Waals surface area contributed by atoms with Crippen molar-refractivity contribution in [2.75, 3.05) is 37.8 Å². The molecule has 5 nitrogen and oxygen atoms in total. The standard InChI is InChI=1S/C20H22FN5/c1-26(2)13-12-22-18-14-19(23-17-11-7-6-10-16(17)21)25-20(24-18)15-8-4-3-5-9-15/h3-11,14H,12-13H2,1-2H3,(H2,22,23,24,25). The van der Waals surface area contributed by atoms with E-state index in [-0.39, 0.29) is 5.82 Å². The second-order valence-electron chi connectivity index (χ2n) is 6.16. The molecule has 0 spiro atoms. The number of hydrogen-bond donors (Lipinski definition) is 2. The Morgan fingerprint density at radius 1 is 0.923 bits per heavy atom. The molecule has 0 saturated carbocycles. The van der Waals surface area contributed by atoms with Crippen LogP contribution in [0, 0.1) is 5.82 Å². The highest BCUT2D eigenvalue weighted by atomic mass is 19.1. The van der Waals surface area contributed by atoms with Crippen LogP contribution in [0.1, 0.15) is 0 Å². The topological polar surface area (TPSA) is 53.1 Å². The van der Waals surface area contributed by atoms with Crippen LogP contribution in [-0.2, 0) is 0 Å². The maximum Gasteiger partial charge on any atom is 0.163 e. The number of nitrogens with one attached hydrogen (secondary N) is 2. The molecule has 2 N–H and O–H groups in total. The number of halogens is 1. The molecule has 0 radical (unpaired) electrons. The van der Waals surface area contributed by atoms with Crippen molar-refractivity contribution < 1.29 is 4.39 Å². The first kappa shape index (κ1) is 17.8. The van der Waals surface area contributed by atoms with Gasteiger partial charge in [-0.2, -0.15) is 0 Å². The van der Waals surface area contributed by atoms with E-state index >= 15 is 0 Å². The Hall–Kier alpha value is -2.99. The molecule has 6 heteroatoms. The molecule has 3 rings (SSSR count). The number of likely N-dealkylation sites (N-methyl/N-ethyl adjacent to an activating group) is 1. The fraction of sp³-hybridized carbons (Fsp3) is 0.200. The van der Waals surface area contributed by atoms with Crippen LogP contribution < -0.4 is 10.6 Å². The third kappa shape index (κ3) is 4.77. The second kappa shape index (κ2) is 8.40. The highest BCUT2D eigenvalue weighted by Gasteiger charge is 2.09. The first-order valence-electron chi connectivity index (χ1n) is 8.46. The normalized spacial score (nSPS) is 10.8. The van der Waals surface area contributed by atoms with Crippen molar-refractivity contribution in [3.8, 4) is 11.4 Å². The summed E-state index contributed by atoms with van der Waals surface area (Å²) < 4.78 is 14.0. The van der Waals surface area contributed by atoms with Gasteiger partial charge in [0.25, 0.3) is 0 Å². The number of aromatic nitrogens is 2. The molecule has 0 atom stereocenters. The van der Waals surface area contributed by atoms with Gasteiger partial charge in [0, 0.05) is 24.7 Å². The average Bonchev–Trinajstić information content (AvgIpc) is 2.64. The van der Waals surface area contributed by atoms with E-state index in [2.05, 4.69) is 25.5 Å². The van der Waals surface area contributed by atoms with Crippen molar-refractivity contribution in [3.05, 3.63) is 66.5 Å². The van der Waals surface area contributed by atoms with E-state index in [4.69, 9.17) is 0 Å². The predicted molar refractivity (Wildman–Crippen MR) is 104 cm³/mol. The molecule has 3 aromatic rings. The second-order valence-corrected chi connectivity index (χ2v) is 6.16. The first-order chi connectivity index (χ1) is 12.6. The van der Waals surface area contributed by atoms with Gasteiger partial charge < -0.3 is 15.5 Å². The van der Waals surface area contributed by atoms with Crippen molar-refractivity contribution in [3.63, 3.8) is 0 Å². The summed E-state index contributed by atoms with van der Waals surface area (Å²) in [5, 5.41) is 6.35. The lowest BCUT2D eigenvalue weighted by atomic mass is 10.2. The molecule has 26 heavy (non-hydrogen) atoms. The van der Waals surface area contributed by atoms with E-state index in [1.54, 1.807) is 24.3 Å². The fourth-order valence-electron chi connectivity index (χ4n) is 2.43. The molecular formula is C20H22FN5. The van der Waals surface area contributed by atoms with Crippen LogP contribution in [0.4, 0.5) is 21.7 Å². The molecule has 134 valence electrons. The van der Waals surface area contributed by atoms with E-state index < -0.39 is 0 Å². The molecule has 0 unspecified atom stereocenters. The van der Waals surface area contributed by atoms with Crippen molar-refractivity contribution in [2.45, 2.75) is 0 Å². The first-order valence-corrected chi connectivity index (χ1v) is 8.46. The smallest absolute Gasteiger partial charge is 0.163 e. The van der Waals surface area contributed by atoms with Gasteiger partial charge in [0.2, 0.25) is 0 Å². The van der Waals surface area contributed by atoms with Gasteiger partial charge in [0.15, 0.2) is 5.82 Å². The Morgan fingerprint density at radius 3 is 2.35 bits per heavy atom. The summed E-state index contributed by atoms with van der Waals surface area (Å²) >= 11 is 0. The minimum absolute atomic E-state index is 0.325. The minimum atomic E-state index is -0.325. The lowest BCUT2D eigenvalue weighted by molar-refractivity contribution is 0.425. The van der Waals surface area contributed by atoms with Crippen LogP contribution >= 0.6 is 0 Å².